The first kappa shape index (κ1) is 23.1. The molecule has 0 aliphatic heterocycles. The molecule has 0 fully saturated rings. The SMILES string of the molecule is COc1ccc(CCN(C)C(=O)c2csc(NC(=O)c3ccc(F)c(F)c3)n2)cc1OC. The summed E-state index contributed by atoms with van der Waals surface area (Å²) in [6, 6.07) is 8.38. The monoisotopic (exact) mass is 461 g/mol. The summed E-state index contributed by atoms with van der Waals surface area (Å²) in [5, 5.41) is 4.18. The second kappa shape index (κ2) is 10.2. The molecule has 1 N–H and O–H groups in total. The Morgan fingerprint density at radius 2 is 1.81 bits per heavy atom. The van der Waals surface area contributed by atoms with Crippen LogP contribution < -0.4 is 14.8 Å². The minimum Gasteiger partial charge on any atom is -0.493 e. The molecule has 0 aliphatic rings. The quantitative estimate of drug-likeness (QED) is 0.548. The Morgan fingerprint density at radius 3 is 2.50 bits per heavy atom. The minimum absolute atomic E-state index is 0.0565. The third-order valence-electron chi connectivity index (χ3n) is 4.66. The number of nitrogens with one attached hydrogen (secondary N) is 1. The van der Waals surface area contributed by atoms with Gasteiger partial charge in [0.2, 0.25) is 0 Å². The average molecular weight is 461 g/mol. The van der Waals surface area contributed by atoms with Gasteiger partial charge in [-0.15, -0.1) is 11.3 Å². The van der Waals surface area contributed by atoms with Crippen LogP contribution in [-0.4, -0.2) is 49.5 Å². The van der Waals surface area contributed by atoms with Crippen molar-refractivity contribution in [2.75, 3.05) is 33.1 Å². The zero-order chi connectivity index (χ0) is 23.3. The molecule has 168 valence electrons. The van der Waals surface area contributed by atoms with E-state index < -0.39 is 17.5 Å². The fourth-order valence-corrected chi connectivity index (χ4v) is 3.55. The van der Waals surface area contributed by atoms with Crippen molar-refractivity contribution in [1.29, 1.82) is 0 Å². The molecule has 32 heavy (non-hydrogen) atoms. The van der Waals surface area contributed by atoms with E-state index in [9.17, 15) is 18.4 Å². The lowest BCUT2D eigenvalue weighted by molar-refractivity contribution is 0.0791. The lowest BCUT2D eigenvalue weighted by Crippen LogP contribution is -2.29. The Morgan fingerprint density at radius 1 is 1.06 bits per heavy atom. The van der Waals surface area contributed by atoms with Gasteiger partial charge in [0.15, 0.2) is 28.3 Å². The summed E-state index contributed by atoms with van der Waals surface area (Å²) in [5.41, 5.74) is 1.09. The predicted octanol–water partition coefficient (Wildman–Crippen LogP) is 4.01. The van der Waals surface area contributed by atoms with Crippen LogP contribution in [0.2, 0.25) is 0 Å². The zero-order valence-electron chi connectivity index (χ0n) is 17.6. The Bertz CT molecular complexity index is 1140. The van der Waals surface area contributed by atoms with Gasteiger partial charge < -0.3 is 14.4 Å². The second-order valence-electron chi connectivity index (χ2n) is 6.79. The number of ether oxygens (including phenoxy) is 2. The summed E-state index contributed by atoms with van der Waals surface area (Å²) in [5.74, 6) is -1.89. The maximum Gasteiger partial charge on any atom is 0.273 e. The first-order chi connectivity index (χ1) is 15.3. The Hall–Kier alpha value is -3.53. The van der Waals surface area contributed by atoms with E-state index in [1.54, 1.807) is 27.3 Å². The highest BCUT2D eigenvalue weighted by atomic mass is 32.1. The van der Waals surface area contributed by atoms with Gasteiger partial charge in [0, 0.05) is 24.5 Å². The highest BCUT2D eigenvalue weighted by molar-refractivity contribution is 7.14. The maximum atomic E-state index is 13.3. The summed E-state index contributed by atoms with van der Waals surface area (Å²) in [6.45, 7) is 0.433. The van der Waals surface area contributed by atoms with Crippen molar-refractivity contribution in [2.24, 2.45) is 0 Å². The number of benzene rings is 2. The van der Waals surface area contributed by atoms with E-state index in [4.69, 9.17) is 9.47 Å². The van der Waals surface area contributed by atoms with Crippen LogP contribution in [0.5, 0.6) is 11.5 Å². The van der Waals surface area contributed by atoms with Crippen molar-refractivity contribution in [3.05, 3.63) is 70.2 Å². The first-order valence-corrected chi connectivity index (χ1v) is 10.4. The van der Waals surface area contributed by atoms with Crippen LogP contribution in [0.4, 0.5) is 13.9 Å². The van der Waals surface area contributed by atoms with Crippen LogP contribution in [0, 0.1) is 11.6 Å². The molecule has 0 radical (unpaired) electrons. The molecule has 0 unspecified atom stereocenters. The van der Waals surface area contributed by atoms with E-state index >= 15 is 0 Å². The van der Waals surface area contributed by atoms with Crippen LogP contribution in [0.15, 0.2) is 41.8 Å². The number of amides is 2. The molecule has 3 aromatic rings. The molecule has 2 amide bonds. The minimum atomic E-state index is -1.12. The van der Waals surface area contributed by atoms with Gasteiger partial charge in [0.1, 0.15) is 5.69 Å². The van der Waals surface area contributed by atoms with Crippen LogP contribution in [0.25, 0.3) is 0 Å². The van der Waals surface area contributed by atoms with Crippen molar-refractivity contribution >= 4 is 28.3 Å². The van der Waals surface area contributed by atoms with Gasteiger partial charge in [0.05, 0.1) is 14.2 Å². The average Bonchev–Trinajstić information content (AvgIpc) is 3.26. The highest BCUT2D eigenvalue weighted by Crippen LogP contribution is 2.27. The number of rotatable bonds is 8. The first-order valence-electron chi connectivity index (χ1n) is 9.50. The van der Waals surface area contributed by atoms with Gasteiger partial charge in [-0.25, -0.2) is 13.8 Å². The highest BCUT2D eigenvalue weighted by Gasteiger charge is 2.18. The topological polar surface area (TPSA) is 80.8 Å². The number of likely N-dealkylation sites (N-methyl/N-ethyl adjacent to an activating group) is 1. The third kappa shape index (κ3) is 5.38. The molecule has 3 rings (SSSR count). The lowest BCUT2D eigenvalue weighted by atomic mass is 10.1. The summed E-state index contributed by atoms with van der Waals surface area (Å²) >= 11 is 1.06. The number of halogens is 2. The molecule has 1 aromatic heterocycles. The van der Waals surface area contributed by atoms with Crippen LogP contribution in [0.1, 0.15) is 26.4 Å². The standard InChI is InChI=1S/C22H21F2N3O4S/c1-27(9-8-13-4-7-18(30-2)19(10-13)31-3)21(29)17-12-32-22(25-17)26-20(28)14-5-6-15(23)16(24)11-14/h4-7,10-12H,8-9H2,1-3H3,(H,25,26,28). The summed E-state index contributed by atoms with van der Waals surface area (Å²) in [7, 11) is 4.77. The fourth-order valence-electron chi connectivity index (χ4n) is 2.87. The molecule has 2 aromatic carbocycles. The molecular weight excluding hydrogens is 440 g/mol. The molecule has 0 bridgehead atoms. The molecule has 10 heteroatoms. The summed E-state index contributed by atoms with van der Waals surface area (Å²) in [6.07, 6.45) is 0.590. The van der Waals surface area contributed by atoms with E-state index in [1.807, 2.05) is 12.1 Å². The number of carbonyl (C=O) groups excluding carboxylic acids is 2. The molecule has 7 nitrogen and oxygen atoms in total. The van der Waals surface area contributed by atoms with E-state index in [0.717, 1.165) is 35.1 Å². The van der Waals surface area contributed by atoms with E-state index in [-0.39, 0.29) is 22.3 Å². The van der Waals surface area contributed by atoms with Gasteiger partial charge in [-0.1, -0.05) is 6.07 Å². The fraction of sp³-hybridized carbons (Fsp3) is 0.227. The molecule has 1 heterocycles. The smallest absolute Gasteiger partial charge is 0.273 e. The lowest BCUT2D eigenvalue weighted by Gasteiger charge is -2.16. The number of nitrogens with zero attached hydrogens (tertiary/aromatic N) is 2. The van der Waals surface area contributed by atoms with Crippen LogP contribution >= 0.6 is 11.3 Å². The Kier molecular flexibility index (Phi) is 7.37. The summed E-state index contributed by atoms with van der Waals surface area (Å²) in [4.78, 5) is 30.5. The largest absolute Gasteiger partial charge is 0.493 e. The molecule has 0 atom stereocenters. The van der Waals surface area contributed by atoms with E-state index in [2.05, 4.69) is 10.3 Å². The van der Waals surface area contributed by atoms with Gasteiger partial charge in [-0.05, 0) is 42.3 Å². The number of anilines is 1. The maximum absolute atomic E-state index is 13.3. The van der Waals surface area contributed by atoms with Crippen molar-refractivity contribution in [1.82, 2.24) is 9.88 Å². The van der Waals surface area contributed by atoms with Gasteiger partial charge >= 0.3 is 0 Å². The Balaban J connectivity index is 1.59. The zero-order valence-corrected chi connectivity index (χ0v) is 18.5. The molecule has 0 saturated carbocycles. The van der Waals surface area contributed by atoms with Gasteiger partial charge in [-0.2, -0.15) is 0 Å². The van der Waals surface area contributed by atoms with Gasteiger partial charge in [-0.3, -0.25) is 14.9 Å². The summed E-state index contributed by atoms with van der Waals surface area (Å²) < 4.78 is 36.9. The van der Waals surface area contributed by atoms with Crippen molar-refractivity contribution in [3.8, 4) is 11.5 Å². The van der Waals surface area contributed by atoms with Crippen molar-refractivity contribution in [3.63, 3.8) is 0 Å². The molecule has 0 spiro atoms. The van der Waals surface area contributed by atoms with Gasteiger partial charge in [0.25, 0.3) is 11.8 Å². The van der Waals surface area contributed by atoms with Crippen LogP contribution in [-0.2, 0) is 6.42 Å². The predicted molar refractivity (Wildman–Crippen MR) is 117 cm³/mol. The van der Waals surface area contributed by atoms with Crippen LogP contribution in [0.3, 0.4) is 0 Å². The number of methoxy groups -OCH3 is 2. The third-order valence-corrected chi connectivity index (χ3v) is 5.41. The van der Waals surface area contributed by atoms with E-state index in [0.29, 0.717) is 24.5 Å². The van der Waals surface area contributed by atoms with Crippen molar-refractivity contribution in [2.45, 2.75) is 6.42 Å². The Labute approximate surface area is 187 Å². The number of hydrogen-bond donors (Lipinski definition) is 1. The molecule has 0 saturated heterocycles. The molecular formula is C22H21F2N3O4S. The molecule has 0 aliphatic carbocycles. The second-order valence-corrected chi connectivity index (χ2v) is 7.65. The normalized spacial score (nSPS) is 10.5. The number of carbonyl (C=O) groups is 2. The number of aromatic nitrogens is 1. The number of thiazole rings is 1. The number of hydrogen-bond acceptors (Lipinski definition) is 6. The van der Waals surface area contributed by atoms with Crippen molar-refractivity contribution < 1.29 is 27.8 Å². The van der Waals surface area contributed by atoms with E-state index in [1.165, 1.54) is 10.3 Å².